The standard InChI is InChI=1S/C10H10FNS/c1-2-6-5-13-8-4-3-7(12)10(11)9(6)8/h3-5H,2,12H2,1H3. The Labute approximate surface area is 80.0 Å². The minimum atomic E-state index is -0.268. The number of fused-ring (bicyclic) bond motifs is 1. The van der Waals surface area contributed by atoms with Gasteiger partial charge in [-0.3, -0.25) is 0 Å². The van der Waals surface area contributed by atoms with E-state index in [0.717, 1.165) is 16.7 Å². The molecule has 2 rings (SSSR count). The molecule has 0 aliphatic carbocycles. The van der Waals surface area contributed by atoms with Crippen molar-refractivity contribution in [3.8, 4) is 0 Å². The summed E-state index contributed by atoms with van der Waals surface area (Å²) in [6.45, 7) is 2.02. The van der Waals surface area contributed by atoms with E-state index in [1.807, 2.05) is 18.4 Å². The highest BCUT2D eigenvalue weighted by Crippen LogP contribution is 2.31. The van der Waals surface area contributed by atoms with Crippen LogP contribution in [0.1, 0.15) is 12.5 Å². The van der Waals surface area contributed by atoms with Crippen LogP contribution in [0.2, 0.25) is 0 Å². The average molecular weight is 195 g/mol. The van der Waals surface area contributed by atoms with Gasteiger partial charge in [-0.05, 0) is 29.5 Å². The van der Waals surface area contributed by atoms with Gasteiger partial charge in [-0.15, -0.1) is 11.3 Å². The zero-order chi connectivity index (χ0) is 9.42. The highest BCUT2D eigenvalue weighted by atomic mass is 32.1. The number of rotatable bonds is 1. The Bertz CT molecular complexity index is 447. The van der Waals surface area contributed by atoms with Crippen molar-refractivity contribution in [1.29, 1.82) is 0 Å². The van der Waals surface area contributed by atoms with E-state index in [-0.39, 0.29) is 11.5 Å². The van der Waals surface area contributed by atoms with Crippen molar-refractivity contribution >= 4 is 27.1 Å². The van der Waals surface area contributed by atoms with E-state index in [2.05, 4.69) is 0 Å². The molecule has 1 aromatic carbocycles. The van der Waals surface area contributed by atoms with E-state index in [1.165, 1.54) is 0 Å². The van der Waals surface area contributed by atoms with Crippen molar-refractivity contribution in [2.45, 2.75) is 13.3 Å². The van der Waals surface area contributed by atoms with Crippen LogP contribution in [-0.2, 0) is 6.42 Å². The molecule has 0 spiro atoms. The molecule has 0 bridgehead atoms. The number of benzene rings is 1. The zero-order valence-electron chi connectivity index (χ0n) is 7.30. The molecule has 0 unspecified atom stereocenters. The number of anilines is 1. The second kappa shape index (κ2) is 3.00. The predicted molar refractivity (Wildman–Crippen MR) is 55.6 cm³/mol. The van der Waals surface area contributed by atoms with Crippen molar-refractivity contribution in [1.82, 2.24) is 0 Å². The predicted octanol–water partition coefficient (Wildman–Crippen LogP) is 3.19. The van der Waals surface area contributed by atoms with E-state index in [9.17, 15) is 4.39 Å². The monoisotopic (exact) mass is 195 g/mol. The molecule has 0 saturated heterocycles. The summed E-state index contributed by atoms with van der Waals surface area (Å²) < 4.78 is 14.5. The van der Waals surface area contributed by atoms with Crippen molar-refractivity contribution < 1.29 is 4.39 Å². The van der Waals surface area contributed by atoms with Crippen LogP contribution in [0.4, 0.5) is 10.1 Å². The molecule has 1 nitrogen and oxygen atoms in total. The summed E-state index contributed by atoms with van der Waals surface area (Å²) >= 11 is 1.57. The van der Waals surface area contributed by atoms with Crippen LogP contribution in [0.25, 0.3) is 10.1 Å². The first-order valence-corrected chi connectivity index (χ1v) is 5.06. The maximum atomic E-state index is 13.6. The average Bonchev–Trinajstić information content (AvgIpc) is 2.55. The lowest BCUT2D eigenvalue weighted by atomic mass is 10.1. The lowest BCUT2D eigenvalue weighted by Crippen LogP contribution is -1.91. The molecule has 3 heteroatoms. The smallest absolute Gasteiger partial charge is 0.155 e. The Morgan fingerprint density at radius 2 is 2.23 bits per heavy atom. The lowest BCUT2D eigenvalue weighted by molar-refractivity contribution is 0.643. The SMILES string of the molecule is CCc1csc2ccc(N)c(F)c12. The molecule has 0 aliphatic heterocycles. The summed E-state index contributed by atoms with van der Waals surface area (Å²) in [5.74, 6) is -0.268. The van der Waals surface area contributed by atoms with E-state index in [4.69, 9.17) is 5.73 Å². The number of nitrogens with two attached hydrogens (primary N) is 1. The third-order valence-electron chi connectivity index (χ3n) is 2.16. The van der Waals surface area contributed by atoms with Crippen molar-refractivity contribution in [3.05, 3.63) is 28.9 Å². The highest BCUT2D eigenvalue weighted by molar-refractivity contribution is 7.17. The maximum absolute atomic E-state index is 13.6. The van der Waals surface area contributed by atoms with Gasteiger partial charge in [-0.2, -0.15) is 0 Å². The largest absolute Gasteiger partial charge is 0.396 e. The second-order valence-corrected chi connectivity index (χ2v) is 3.87. The molecule has 0 saturated carbocycles. The first-order chi connectivity index (χ1) is 6.24. The summed E-state index contributed by atoms with van der Waals surface area (Å²) in [6, 6.07) is 3.49. The molecule has 68 valence electrons. The molecular weight excluding hydrogens is 185 g/mol. The molecule has 13 heavy (non-hydrogen) atoms. The molecule has 2 aromatic rings. The van der Waals surface area contributed by atoms with Crippen LogP contribution < -0.4 is 5.73 Å². The van der Waals surface area contributed by atoms with Crippen LogP contribution in [0.15, 0.2) is 17.5 Å². The first kappa shape index (κ1) is 8.51. The fourth-order valence-electron chi connectivity index (χ4n) is 1.43. The fraction of sp³-hybridized carbons (Fsp3) is 0.200. The van der Waals surface area contributed by atoms with Gasteiger partial charge in [0.15, 0.2) is 5.82 Å². The Hall–Kier alpha value is -1.09. The van der Waals surface area contributed by atoms with Crippen molar-refractivity contribution in [2.24, 2.45) is 0 Å². The topological polar surface area (TPSA) is 26.0 Å². The molecule has 0 aliphatic rings. The normalized spacial score (nSPS) is 10.9. The van der Waals surface area contributed by atoms with Crippen molar-refractivity contribution in [2.75, 3.05) is 5.73 Å². The van der Waals surface area contributed by atoms with E-state index < -0.39 is 0 Å². The minimum absolute atomic E-state index is 0.237. The van der Waals surface area contributed by atoms with Crippen LogP contribution in [-0.4, -0.2) is 0 Å². The van der Waals surface area contributed by atoms with E-state index >= 15 is 0 Å². The number of hydrogen-bond acceptors (Lipinski definition) is 2. The molecule has 2 N–H and O–H groups in total. The maximum Gasteiger partial charge on any atom is 0.155 e. The first-order valence-electron chi connectivity index (χ1n) is 4.18. The fourth-order valence-corrected chi connectivity index (χ4v) is 2.46. The number of hydrogen-bond donors (Lipinski definition) is 1. The third-order valence-corrected chi connectivity index (χ3v) is 3.16. The van der Waals surface area contributed by atoms with Gasteiger partial charge in [0.1, 0.15) is 0 Å². The third kappa shape index (κ3) is 1.20. The van der Waals surface area contributed by atoms with Gasteiger partial charge in [0.2, 0.25) is 0 Å². The zero-order valence-corrected chi connectivity index (χ0v) is 8.12. The molecular formula is C10H10FNS. The molecule has 0 atom stereocenters. The molecule has 0 radical (unpaired) electrons. The molecule has 0 amide bonds. The summed E-state index contributed by atoms with van der Waals surface area (Å²) in [7, 11) is 0. The second-order valence-electron chi connectivity index (χ2n) is 2.96. The lowest BCUT2D eigenvalue weighted by Gasteiger charge is -1.99. The Balaban J connectivity index is 2.85. The van der Waals surface area contributed by atoms with Gasteiger partial charge in [0.25, 0.3) is 0 Å². The quantitative estimate of drug-likeness (QED) is 0.695. The van der Waals surface area contributed by atoms with Crippen LogP contribution in [0.3, 0.4) is 0 Å². The van der Waals surface area contributed by atoms with E-state index in [1.54, 1.807) is 17.4 Å². The Morgan fingerprint density at radius 3 is 2.92 bits per heavy atom. The number of aryl methyl sites for hydroxylation is 1. The van der Waals surface area contributed by atoms with Crippen molar-refractivity contribution in [3.63, 3.8) is 0 Å². The van der Waals surface area contributed by atoms with E-state index in [0.29, 0.717) is 5.39 Å². The Morgan fingerprint density at radius 1 is 1.46 bits per heavy atom. The summed E-state index contributed by atoms with van der Waals surface area (Å²) in [4.78, 5) is 0. The summed E-state index contributed by atoms with van der Waals surface area (Å²) in [5.41, 5.74) is 6.78. The number of thiophene rings is 1. The Kier molecular flexibility index (Phi) is 1.96. The number of halogens is 1. The highest BCUT2D eigenvalue weighted by Gasteiger charge is 2.09. The van der Waals surface area contributed by atoms with Gasteiger partial charge >= 0.3 is 0 Å². The molecule has 0 fully saturated rings. The number of nitrogen functional groups attached to an aromatic ring is 1. The molecule has 1 aromatic heterocycles. The van der Waals surface area contributed by atoms with Gasteiger partial charge in [-0.1, -0.05) is 6.92 Å². The van der Waals surface area contributed by atoms with Gasteiger partial charge < -0.3 is 5.73 Å². The minimum Gasteiger partial charge on any atom is -0.396 e. The van der Waals surface area contributed by atoms with Gasteiger partial charge in [0, 0.05) is 10.1 Å². The van der Waals surface area contributed by atoms with Gasteiger partial charge in [0.05, 0.1) is 5.69 Å². The van der Waals surface area contributed by atoms with Crippen LogP contribution >= 0.6 is 11.3 Å². The van der Waals surface area contributed by atoms with Crippen LogP contribution in [0, 0.1) is 5.82 Å². The molecule has 1 heterocycles. The summed E-state index contributed by atoms with van der Waals surface area (Å²) in [6.07, 6.45) is 0.848. The van der Waals surface area contributed by atoms with Crippen LogP contribution in [0.5, 0.6) is 0 Å². The van der Waals surface area contributed by atoms with Gasteiger partial charge in [-0.25, -0.2) is 4.39 Å². The summed E-state index contributed by atoms with van der Waals surface area (Å²) in [5, 5.41) is 2.69.